The van der Waals surface area contributed by atoms with E-state index in [4.69, 9.17) is 14.2 Å². The second-order valence-electron chi connectivity index (χ2n) is 6.24. The van der Waals surface area contributed by atoms with Crippen molar-refractivity contribution in [3.8, 4) is 5.75 Å². The van der Waals surface area contributed by atoms with Gasteiger partial charge in [0.05, 0.1) is 18.9 Å². The molecule has 1 saturated heterocycles. The summed E-state index contributed by atoms with van der Waals surface area (Å²) in [5.74, 6) is -0.210. The van der Waals surface area contributed by atoms with Gasteiger partial charge in [-0.05, 0) is 12.1 Å². The number of hydrogen-bond acceptors (Lipinski definition) is 4. The molecule has 0 amide bonds. The van der Waals surface area contributed by atoms with Crippen LogP contribution in [-0.2, 0) is 21.9 Å². The summed E-state index contributed by atoms with van der Waals surface area (Å²) in [6, 6.07) is 24.0. The third-order valence-electron chi connectivity index (χ3n) is 4.59. The topological polar surface area (TPSA) is 43.9 Å². The van der Waals surface area contributed by atoms with E-state index in [1.165, 1.54) is 0 Å². The smallest absolute Gasteiger partial charge is 0.264 e. The molecule has 124 valence electrons. The second-order valence-corrected chi connectivity index (χ2v) is 6.24. The van der Waals surface area contributed by atoms with Gasteiger partial charge in [-0.2, -0.15) is 0 Å². The molecule has 0 bridgehead atoms. The van der Waals surface area contributed by atoms with Crippen molar-refractivity contribution in [1.82, 2.24) is 4.98 Å². The number of epoxide rings is 1. The fourth-order valence-corrected chi connectivity index (χ4v) is 3.22. The number of aromatic nitrogens is 1. The van der Waals surface area contributed by atoms with E-state index in [-0.39, 0.29) is 6.10 Å². The average molecular weight is 331 g/mol. The molecule has 1 aromatic heterocycles. The summed E-state index contributed by atoms with van der Waals surface area (Å²) in [6.45, 7) is 1.13. The molecule has 2 aliphatic rings. The maximum Gasteiger partial charge on any atom is 0.264 e. The molecule has 1 unspecified atom stereocenters. The molecule has 2 aromatic carbocycles. The second kappa shape index (κ2) is 5.69. The van der Waals surface area contributed by atoms with Crippen molar-refractivity contribution in [2.45, 2.75) is 18.5 Å². The minimum absolute atomic E-state index is 0.125. The first kappa shape index (κ1) is 14.6. The van der Waals surface area contributed by atoms with Crippen molar-refractivity contribution in [2.75, 3.05) is 6.61 Å². The number of fused-ring (bicyclic) bond motifs is 1. The molecule has 4 heteroatoms. The zero-order valence-corrected chi connectivity index (χ0v) is 13.6. The van der Waals surface area contributed by atoms with Gasteiger partial charge in [-0.15, -0.1) is 0 Å². The summed E-state index contributed by atoms with van der Waals surface area (Å²) in [5.41, 5.74) is 3.68. The van der Waals surface area contributed by atoms with E-state index in [1.807, 2.05) is 72.8 Å². The Morgan fingerprint density at radius 1 is 0.840 bits per heavy atom. The Morgan fingerprint density at radius 2 is 1.48 bits per heavy atom. The lowest BCUT2D eigenvalue weighted by Crippen LogP contribution is -2.40. The Balaban J connectivity index is 1.61. The Morgan fingerprint density at radius 3 is 2.08 bits per heavy atom. The summed E-state index contributed by atoms with van der Waals surface area (Å²) in [7, 11) is 0. The predicted molar refractivity (Wildman–Crippen MR) is 92.0 cm³/mol. The van der Waals surface area contributed by atoms with Gasteiger partial charge in [0.2, 0.25) is 0 Å². The van der Waals surface area contributed by atoms with E-state index in [2.05, 4.69) is 4.98 Å². The number of benzene rings is 2. The van der Waals surface area contributed by atoms with E-state index >= 15 is 0 Å². The van der Waals surface area contributed by atoms with Crippen molar-refractivity contribution in [2.24, 2.45) is 0 Å². The predicted octanol–water partition coefficient (Wildman–Crippen LogP) is 3.96. The van der Waals surface area contributed by atoms with Crippen LogP contribution >= 0.6 is 0 Å². The first-order valence-electron chi connectivity index (χ1n) is 8.41. The maximum atomic E-state index is 6.42. The van der Waals surface area contributed by atoms with Gasteiger partial charge in [-0.1, -0.05) is 60.7 Å². The van der Waals surface area contributed by atoms with Crippen LogP contribution in [0.2, 0.25) is 0 Å². The number of nitrogens with zero attached hydrogens (tertiary/aromatic N) is 1. The van der Waals surface area contributed by atoms with Crippen LogP contribution in [0.15, 0.2) is 72.8 Å². The van der Waals surface area contributed by atoms with Crippen molar-refractivity contribution < 1.29 is 14.2 Å². The lowest BCUT2D eigenvalue weighted by atomic mass is 9.96. The minimum atomic E-state index is -0.963. The normalized spacial score (nSPS) is 20.4. The van der Waals surface area contributed by atoms with Crippen molar-refractivity contribution >= 4 is 0 Å². The lowest BCUT2D eigenvalue weighted by molar-refractivity contribution is -0.186. The SMILES string of the molecule is c1ccc(C2(c3ccccc3)OCc3nc(C4CO4)ccc3O2)cc1. The van der Waals surface area contributed by atoms with E-state index < -0.39 is 5.79 Å². The molecule has 1 fully saturated rings. The van der Waals surface area contributed by atoms with Crippen LogP contribution in [0.1, 0.15) is 28.6 Å². The first-order valence-corrected chi connectivity index (χ1v) is 8.41. The number of hydrogen-bond donors (Lipinski definition) is 0. The largest absolute Gasteiger partial charge is 0.452 e. The number of rotatable bonds is 3. The van der Waals surface area contributed by atoms with Gasteiger partial charge < -0.3 is 14.2 Å². The molecular formula is C21H17NO3. The standard InChI is InChI=1S/C21H17NO3/c1-3-7-15(8-4-1)21(16-9-5-2-6-10-16)24-13-18-19(25-21)12-11-17(22-18)20-14-23-20/h1-12,20H,13-14H2. The zero-order chi connectivity index (χ0) is 16.7. The van der Waals surface area contributed by atoms with E-state index in [1.54, 1.807) is 0 Å². The van der Waals surface area contributed by atoms with Gasteiger partial charge in [0.15, 0.2) is 0 Å². The average Bonchev–Trinajstić information content (AvgIpc) is 3.54. The molecule has 0 saturated carbocycles. The molecule has 25 heavy (non-hydrogen) atoms. The number of ether oxygens (including phenoxy) is 3. The van der Waals surface area contributed by atoms with Crippen LogP contribution in [0.4, 0.5) is 0 Å². The summed E-state index contributed by atoms with van der Waals surface area (Å²) in [4.78, 5) is 4.65. The van der Waals surface area contributed by atoms with Crippen LogP contribution in [0.5, 0.6) is 5.75 Å². The first-order chi connectivity index (χ1) is 12.4. The molecule has 0 radical (unpaired) electrons. The van der Waals surface area contributed by atoms with Gasteiger partial charge in [0.1, 0.15) is 17.5 Å². The summed E-state index contributed by atoms with van der Waals surface area (Å²) < 4.78 is 18.0. The molecule has 2 aliphatic heterocycles. The fraction of sp³-hybridized carbons (Fsp3) is 0.190. The van der Waals surface area contributed by atoms with Crippen LogP contribution < -0.4 is 4.74 Å². The summed E-state index contributed by atoms with van der Waals surface area (Å²) >= 11 is 0. The molecule has 0 N–H and O–H groups in total. The molecular weight excluding hydrogens is 314 g/mol. The van der Waals surface area contributed by atoms with Crippen molar-refractivity contribution in [1.29, 1.82) is 0 Å². The Labute approximate surface area is 146 Å². The monoisotopic (exact) mass is 331 g/mol. The molecule has 1 atom stereocenters. The Hall–Kier alpha value is -2.69. The number of pyridine rings is 1. The van der Waals surface area contributed by atoms with Gasteiger partial charge in [-0.25, -0.2) is 4.98 Å². The molecule has 0 aliphatic carbocycles. The maximum absolute atomic E-state index is 6.42. The van der Waals surface area contributed by atoms with Gasteiger partial charge in [0.25, 0.3) is 5.79 Å². The highest BCUT2D eigenvalue weighted by Gasteiger charge is 2.42. The third kappa shape index (κ3) is 2.51. The summed E-state index contributed by atoms with van der Waals surface area (Å²) in [5, 5.41) is 0. The van der Waals surface area contributed by atoms with Gasteiger partial charge in [-0.3, -0.25) is 0 Å². The zero-order valence-electron chi connectivity index (χ0n) is 13.6. The van der Waals surface area contributed by atoms with Crippen LogP contribution in [-0.4, -0.2) is 11.6 Å². The molecule has 3 aromatic rings. The molecule has 5 rings (SSSR count). The highest BCUT2D eigenvalue weighted by Crippen LogP contribution is 2.42. The van der Waals surface area contributed by atoms with E-state index in [0.717, 1.165) is 34.9 Å². The van der Waals surface area contributed by atoms with Crippen LogP contribution in [0.25, 0.3) is 0 Å². The fourth-order valence-electron chi connectivity index (χ4n) is 3.22. The van der Waals surface area contributed by atoms with E-state index in [9.17, 15) is 0 Å². The van der Waals surface area contributed by atoms with Gasteiger partial charge in [0, 0.05) is 11.1 Å². The lowest BCUT2D eigenvalue weighted by Gasteiger charge is -2.38. The molecule has 4 nitrogen and oxygen atoms in total. The van der Waals surface area contributed by atoms with Crippen LogP contribution in [0.3, 0.4) is 0 Å². The van der Waals surface area contributed by atoms with Crippen LogP contribution in [0, 0.1) is 0 Å². The molecule has 0 spiro atoms. The van der Waals surface area contributed by atoms with Crippen molar-refractivity contribution in [3.63, 3.8) is 0 Å². The highest BCUT2D eigenvalue weighted by molar-refractivity contribution is 5.40. The Kier molecular flexibility index (Phi) is 3.33. The molecule has 3 heterocycles. The minimum Gasteiger partial charge on any atom is -0.452 e. The van der Waals surface area contributed by atoms with E-state index in [0.29, 0.717) is 6.61 Å². The third-order valence-corrected chi connectivity index (χ3v) is 4.59. The summed E-state index contributed by atoms with van der Waals surface area (Å²) in [6.07, 6.45) is 0.125. The van der Waals surface area contributed by atoms with Crippen molar-refractivity contribution in [3.05, 3.63) is 95.3 Å². The highest BCUT2D eigenvalue weighted by atomic mass is 16.7. The quantitative estimate of drug-likeness (QED) is 0.681. The van der Waals surface area contributed by atoms with Gasteiger partial charge >= 0.3 is 0 Å². The Bertz CT molecular complexity index is 852.